The van der Waals surface area contributed by atoms with Gasteiger partial charge in [0.1, 0.15) is 11.8 Å². The number of rotatable bonds is 5. The molecule has 2 N–H and O–H groups in total. The van der Waals surface area contributed by atoms with Crippen LogP contribution in [0.2, 0.25) is 0 Å². The first-order valence-electron chi connectivity index (χ1n) is 6.98. The Morgan fingerprint density at radius 2 is 2.12 bits per heavy atom. The summed E-state index contributed by atoms with van der Waals surface area (Å²) >= 11 is 0. The first kappa shape index (κ1) is 17.1. The van der Waals surface area contributed by atoms with E-state index in [9.17, 15) is 30.4 Å². The highest BCUT2D eigenvalue weighted by atomic mass is 16.6. The third-order valence-electron chi connectivity index (χ3n) is 3.72. The van der Waals surface area contributed by atoms with E-state index in [-0.39, 0.29) is 17.4 Å². The number of aromatic hydroxyl groups is 1. The van der Waals surface area contributed by atoms with Crippen molar-refractivity contribution in [3.63, 3.8) is 0 Å². The fourth-order valence-electron chi connectivity index (χ4n) is 2.18. The highest BCUT2D eigenvalue weighted by molar-refractivity contribution is 6.03. The van der Waals surface area contributed by atoms with Crippen LogP contribution in [0.5, 0.6) is 11.5 Å². The summed E-state index contributed by atoms with van der Waals surface area (Å²) < 4.78 is 4.83. The maximum absolute atomic E-state index is 12.3. The number of nitro groups is 1. The Bertz CT molecular complexity index is 776. The van der Waals surface area contributed by atoms with Gasteiger partial charge in [-0.15, -0.1) is 0 Å². The first-order valence-corrected chi connectivity index (χ1v) is 6.98. The molecule has 1 aromatic carbocycles. The summed E-state index contributed by atoms with van der Waals surface area (Å²) in [6, 6.07) is 3.64. The predicted octanol–water partition coefficient (Wildman–Crippen LogP) is 1.72. The average Bonchev–Trinajstić information content (AvgIpc) is 3.39. The van der Waals surface area contributed by atoms with Gasteiger partial charge in [0, 0.05) is 24.7 Å². The molecule has 126 valence electrons. The molecule has 9 nitrogen and oxygen atoms in total. The van der Waals surface area contributed by atoms with Crippen LogP contribution in [0.3, 0.4) is 0 Å². The summed E-state index contributed by atoms with van der Waals surface area (Å²) in [5.74, 6) is -2.35. The first-order chi connectivity index (χ1) is 11.3. The standard InChI is InChI=1S/C15H15N3O6/c1-17(9-3-4-9)15(21)10(7-16)13(19)8-5-11(18(22)23)14(20)12(6-8)24-2/h5-6,9,19-20H,3-4H2,1-2H3/b13-10-. The Balaban J connectivity index is 2.55. The van der Waals surface area contributed by atoms with Crippen molar-refractivity contribution in [2.24, 2.45) is 0 Å². The van der Waals surface area contributed by atoms with Gasteiger partial charge in [0.25, 0.3) is 5.91 Å². The highest BCUT2D eigenvalue weighted by Gasteiger charge is 2.33. The minimum atomic E-state index is -0.862. The van der Waals surface area contributed by atoms with Crippen molar-refractivity contribution < 1.29 is 24.7 Å². The molecule has 0 heterocycles. The molecule has 0 aliphatic heterocycles. The predicted molar refractivity (Wildman–Crippen MR) is 82.3 cm³/mol. The molecule has 2 rings (SSSR count). The minimum Gasteiger partial charge on any atom is -0.506 e. The van der Waals surface area contributed by atoms with Crippen LogP contribution in [0, 0.1) is 21.4 Å². The van der Waals surface area contributed by atoms with E-state index in [4.69, 9.17) is 4.74 Å². The Hall–Kier alpha value is -3.28. The molecule has 9 heteroatoms. The Labute approximate surface area is 137 Å². The second-order valence-electron chi connectivity index (χ2n) is 5.29. The van der Waals surface area contributed by atoms with E-state index in [2.05, 4.69) is 0 Å². The van der Waals surface area contributed by atoms with Gasteiger partial charge in [0.05, 0.1) is 12.0 Å². The van der Waals surface area contributed by atoms with Gasteiger partial charge in [0.2, 0.25) is 5.75 Å². The highest BCUT2D eigenvalue weighted by Crippen LogP contribution is 2.39. The van der Waals surface area contributed by atoms with E-state index in [1.807, 2.05) is 0 Å². The van der Waals surface area contributed by atoms with Crippen LogP contribution in [-0.2, 0) is 4.79 Å². The smallest absolute Gasteiger partial charge is 0.315 e. The normalized spacial score (nSPS) is 14.4. The van der Waals surface area contributed by atoms with E-state index in [1.165, 1.54) is 19.1 Å². The van der Waals surface area contributed by atoms with Crippen molar-refractivity contribution in [1.82, 2.24) is 4.90 Å². The second-order valence-corrected chi connectivity index (χ2v) is 5.29. The van der Waals surface area contributed by atoms with Crippen molar-refractivity contribution in [2.75, 3.05) is 14.2 Å². The lowest BCUT2D eigenvalue weighted by molar-refractivity contribution is -0.386. The fraction of sp³-hybridized carbons (Fsp3) is 0.333. The molecule has 0 saturated heterocycles. The van der Waals surface area contributed by atoms with Crippen molar-refractivity contribution in [1.29, 1.82) is 5.26 Å². The number of carbonyl (C=O) groups excluding carboxylic acids is 1. The zero-order chi connectivity index (χ0) is 18.0. The summed E-state index contributed by atoms with van der Waals surface area (Å²) in [7, 11) is 2.70. The topological polar surface area (TPSA) is 137 Å². The van der Waals surface area contributed by atoms with E-state index in [0.29, 0.717) is 0 Å². The number of methoxy groups -OCH3 is 1. The molecule has 1 aliphatic carbocycles. The molecule has 1 aliphatic rings. The number of aliphatic hydroxyl groups excluding tert-OH is 1. The molecule has 0 aromatic heterocycles. The number of phenolic OH excluding ortho intramolecular Hbond substituents is 1. The van der Waals surface area contributed by atoms with E-state index in [1.54, 1.807) is 6.07 Å². The number of nitriles is 1. The number of likely N-dealkylation sites (N-methyl/N-ethyl adjacent to an activating group) is 1. The number of amides is 1. The van der Waals surface area contributed by atoms with Crippen LogP contribution in [0.25, 0.3) is 5.76 Å². The van der Waals surface area contributed by atoms with Gasteiger partial charge in [0.15, 0.2) is 11.3 Å². The molecular weight excluding hydrogens is 318 g/mol. The molecule has 24 heavy (non-hydrogen) atoms. The van der Waals surface area contributed by atoms with Crippen molar-refractivity contribution in [2.45, 2.75) is 18.9 Å². The minimum absolute atomic E-state index is 0.0253. The molecule has 0 unspecified atom stereocenters. The van der Waals surface area contributed by atoms with Gasteiger partial charge in [-0.2, -0.15) is 5.26 Å². The number of hydrogen-bond donors (Lipinski definition) is 2. The number of carbonyl (C=O) groups is 1. The van der Waals surface area contributed by atoms with E-state index in [0.717, 1.165) is 25.0 Å². The molecule has 0 bridgehead atoms. The molecule has 1 aromatic rings. The lowest BCUT2D eigenvalue weighted by Gasteiger charge is -2.16. The monoisotopic (exact) mass is 333 g/mol. The number of ether oxygens (including phenoxy) is 1. The van der Waals surface area contributed by atoms with Crippen LogP contribution in [-0.4, -0.2) is 46.1 Å². The van der Waals surface area contributed by atoms with Gasteiger partial charge >= 0.3 is 5.69 Å². The third kappa shape index (κ3) is 3.08. The zero-order valence-electron chi connectivity index (χ0n) is 13.0. The van der Waals surface area contributed by atoms with E-state index < -0.39 is 33.6 Å². The molecule has 1 fully saturated rings. The maximum atomic E-state index is 12.3. The summed E-state index contributed by atoms with van der Waals surface area (Å²) in [5, 5.41) is 40.2. The van der Waals surface area contributed by atoms with Crippen molar-refractivity contribution in [3.05, 3.63) is 33.4 Å². The van der Waals surface area contributed by atoms with Gasteiger partial charge in [-0.25, -0.2) is 0 Å². The molecule has 0 spiro atoms. The number of nitrogens with zero attached hydrogens (tertiary/aromatic N) is 3. The van der Waals surface area contributed by atoms with Crippen molar-refractivity contribution >= 4 is 17.4 Å². The Kier molecular flexibility index (Phi) is 4.59. The van der Waals surface area contributed by atoms with Crippen LogP contribution in [0.4, 0.5) is 5.69 Å². The molecule has 1 amide bonds. The van der Waals surface area contributed by atoms with E-state index >= 15 is 0 Å². The van der Waals surface area contributed by atoms with Crippen LogP contribution in [0.1, 0.15) is 18.4 Å². The SMILES string of the molecule is COc1cc(/C(O)=C(\C#N)C(=O)N(C)C2CC2)cc([N+](=O)[O-])c1O. The number of benzene rings is 1. The van der Waals surface area contributed by atoms with Gasteiger partial charge in [-0.05, 0) is 18.9 Å². The average molecular weight is 333 g/mol. The molecule has 0 radical (unpaired) electrons. The zero-order valence-corrected chi connectivity index (χ0v) is 13.0. The number of phenols is 1. The van der Waals surface area contributed by atoms with Crippen LogP contribution in [0.15, 0.2) is 17.7 Å². The molecule has 0 atom stereocenters. The lowest BCUT2D eigenvalue weighted by Crippen LogP contribution is -2.30. The summed E-state index contributed by atoms with van der Waals surface area (Å²) in [6.45, 7) is 0. The molecular formula is C15H15N3O6. The third-order valence-corrected chi connectivity index (χ3v) is 3.72. The summed E-state index contributed by atoms with van der Waals surface area (Å²) in [4.78, 5) is 23.8. The number of hydrogen-bond acceptors (Lipinski definition) is 7. The number of aliphatic hydroxyl groups is 1. The van der Waals surface area contributed by atoms with Gasteiger partial charge in [-0.3, -0.25) is 14.9 Å². The largest absolute Gasteiger partial charge is 0.506 e. The quantitative estimate of drug-likeness (QED) is 0.275. The van der Waals surface area contributed by atoms with Gasteiger partial charge in [-0.1, -0.05) is 0 Å². The van der Waals surface area contributed by atoms with Crippen LogP contribution < -0.4 is 4.74 Å². The Morgan fingerprint density at radius 3 is 2.58 bits per heavy atom. The van der Waals surface area contributed by atoms with Crippen LogP contribution >= 0.6 is 0 Å². The molecule has 1 saturated carbocycles. The second kappa shape index (κ2) is 6.45. The van der Waals surface area contributed by atoms with Crippen molar-refractivity contribution in [3.8, 4) is 17.6 Å². The Morgan fingerprint density at radius 1 is 1.50 bits per heavy atom. The summed E-state index contributed by atoms with van der Waals surface area (Å²) in [6.07, 6.45) is 1.64. The summed E-state index contributed by atoms with van der Waals surface area (Å²) in [5.41, 5.74) is -1.42. The maximum Gasteiger partial charge on any atom is 0.315 e. The lowest BCUT2D eigenvalue weighted by atomic mass is 10.1. The fourth-order valence-corrected chi connectivity index (χ4v) is 2.18. The number of nitro benzene ring substituents is 1. The van der Waals surface area contributed by atoms with Gasteiger partial charge < -0.3 is 19.8 Å².